The molecule has 1 heterocycles. The molecule has 16 heavy (non-hydrogen) atoms. The predicted octanol–water partition coefficient (Wildman–Crippen LogP) is 3.24. The van der Waals surface area contributed by atoms with Crippen LogP contribution in [0.15, 0.2) is 6.07 Å². The van der Waals surface area contributed by atoms with Gasteiger partial charge in [0.2, 0.25) is 0 Å². The number of aromatic nitrogens is 2. The van der Waals surface area contributed by atoms with Crippen LogP contribution in [0.25, 0.3) is 0 Å². The van der Waals surface area contributed by atoms with Gasteiger partial charge in [0.05, 0.1) is 11.7 Å². The summed E-state index contributed by atoms with van der Waals surface area (Å²) in [7, 11) is 0. The van der Waals surface area contributed by atoms with E-state index in [1.54, 1.807) is 0 Å². The van der Waals surface area contributed by atoms with E-state index in [2.05, 4.69) is 10.7 Å². The minimum atomic E-state index is 0.579. The van der Waals surface area contributed by atoms with Crippen LogP contribution < -0.4 is 5.73 Å². The number of hydrogen-bond acceptors (Lipinski definition) is 2. The van der Waals surface area contributed by atoms with Crippen LogP contribution in [0.2, 0.25) is 0 Å². The minimum Gasteiger partial charge on any atom is -0.384 e. The van der Waals surface area contributed by atoms with E-state index in [9.17, 15) is 0 Å². The number of hydrogen-bond donors (Lipinski definition) is 1. The Morgan fingerprint density at radius 2 is 1.69 bits per heavy atom. The van der Waals surface area contributed by atoms with Crippen molar-refractivity contribution in [1.82, 2.24) is 9.78 Å². The third-order valence-corrected chi connectivity index (χ3v) is 4.23. The lowest BCUT2D eigenvalue weighted by Crippen LogP contribution is -2.10. The van der Waals surface area contributed by atoms with Gasteiger partial charge in [0.25, 0.3) is 0 Å². The summed E-state index contributed by atoms with van der Waals surface area (Å²) >= 11 is 0. The van der Waals surface area contributed by atoms with Crippen LogP contribution in [-0.2, 0) is 0 Å². The van der Waals surface area contributed by atoms with E-state index in [-0.39, 0.29) is 0 Å². The summed E-state index contributed by atoms with van der Waals surface area (Å²) in [5, 5.41) is 4.77. The monoisotopic (exact) mass is 219 g/mol. The van der Waals surface area contributed by atoms with Crippen molar-refractivity contribution < 1.29 is 0 Å². The zero-order chi connectivity index (χ0) is 11.0. The fourth-order valence-electron chi connectivity index (χ4n) is 3.29. The highest BCUT2D eigenvalue weighted by Gasteiger charge is 2.24. The van der Waals surface area contributed by atoms with Gasteiger partial charge >= 0.3 is 0 Å². The summed E-state index contributed by atoms with van der Waals surface area (Å²) in [6, 6.07) is 2.70. The maximum Gasteiger partial charge on any atom is 0.122 e. The lowest BCUT2D eigenvalue weighted by atomic mass is 10.1. The molecule has 2 saturated carbocycles. The van der Waals surface area contributed by atoms with Crippen molar-refractivity contribution in [2.24, 2.45) is 0 Å². The van der Waals surface area contributed by atoms with Gasteiger partial charge in [-0.15, -0.1) is 0 Å². The lowest BCUT2D eigenvalue weighted by molar-refractivity contribution is 0.465. The highest BCUT2D eigenvalue weighted by molar-refractivity contribution is 5.33. The molecule has 0 bridgehead atoms. The number of nitrogen functional groups attached to an aromatic ring is 1. The summed E-state index contributed by atoms with van der Waals surface area (Å²) in [6.45, 7) is 0. The molecule has 0 saturated heterocycles. The molecular formula is C13H21N3. The Morgan fingerprint density at radius 3 is 2.38 bits per heavy atom. The Kier molecular flexibility index (Phi) is 2.62. The molecule has 0 amide bonds. The molecule has 3 heteroatoms. The van der Waals surface area contributed by atoms with Crippen LogP contribution in [0.5, 0.6) is 0 Å². The Morgan fingerprint density at radius 1 is 1.06 bits per heavy atom. The Hall–Kier alpha value is -0.990. The highest BCUT2D eigenvalue weighted by atomic mass is 15.3. The average Bonchev–Trinajstić information content (AvgIpc) is 2.97. The van der Waals surface area contributed by atoms with Gasteiger partial charge in [0.15, 0.2) is 0 Å². The molecule has 0 radical (unpaired) electrons. The molecule has 2 aliphatic rings. The van der Waals surface area contributed by atoms with Crippen molar-refractivity contribution in [3.05, 3.63) is 11.8 Å². The Labute approximate surface area is 97.0 Å². The normalized spacial score (nSPS) is 23.2. The van der Waals surface area contributed by atoms with E-state index in [0.29, 0.717) is 12.0 Å². The van der Waals surface area contributed by atoms with E-state index in [1.807, 2.05) is 0 Å². The van der Waals surface area contributed by atoms with Gasteiger partial charge < -0.3 is 5.73 Å². The van der Waals surface area contributed by atoms with E-state index in [0.717, 1.165) is 5.82 Å². The summed E-state index contributed by atoms with van der Waals surface area (Å²) < 4.78 is 2.10. The Bertz CT molecular complexity index is 357. The second-order valence-corrected chi connectivity index (χ2v) is 5.36. The van der Waals surface area contributed by atoms with Crippen molar-refractivity contribution in [1.29, 1.82) is 0 Å². The first-order valence-electron chi connectivity index (χ1n) is 6.69. The van der Waals surface area contributed by atoms with Crippen LogP contribution in [0.3, 0.4) is 0 Å². The van der Waals surface area contributed by atoms with E-state index in [1.165, 1.54) is 57.1 Å². The van der Waals surface area contributed by atoms with Gasteiger partial charge in [-0.3, -0.25) is 0 Å². The standard InChI is InChI=1S/C13H21N3/c14-13-9-12(10-5-1-2-6-10)15-16(13)11-7-3-4-8-11/h9-11H,1-8,14H2. The Balaban J connectivity index is 1.83. The maximum atomic E-state index is 6.09. The smallest absolute Gasteiger partial charge is 0.122 e. The number of nitrogens with two attached hydrogens (primary N) is 1. The van der Waals surface area contributed by atoms with Gasteiger partial charge in [-0.25, -0.2) is 4.68 Å². The van der Waals surface area contributed by atoms with Crippen molar-refractivity contribution in [2.75, 3.05) is 5.73 Å². The first-order valence-corrected chi connectivity index (χ1v) is 6.69. The molecule has 0 atom stereocenters. The molecule has 0 spiro atoms. The molecule has 1 aromatic rings. The summed E-state index contributed by atoms with van der Waals surface area (Å²) in [6.07, 6.45) is 10.5. The van der Waals surface area contributed by atoms with Crippen LogP contribution in [0.1, 0.15) is 69.0 Å². The fraction of sp³-hybridized carbons (Fsp3) is 0.769. The molecule has 2 N–H and O–H groups in total. The second-order valence-electron chi connectivity index (χ2n) is 5.36. The highest BCUT2D eigenvalue weighted by Crippen LogP contribution is 2.36. The average molecular weight is 219 g/mol. The molecule has 3 nitrogen and oxygen atoms in total. The van der Waals surface area contributed by atoms with Crippen LogP contribution in [0, 0.1) is 0 Å². The molecule has 3 rings (SSSR count). The van der Waals surface area contributed by atoms with Crippen LogP contribution >= 0.6 is 0 Å². The van der Waals surface area contributed by atoms with Gasteiger partial charge in [0, 0.05) is 12.0 Å². The SMILES string of the molecule is Nc1cc(C2CCCC2)nn1C1CCCC1. The maximum absolute atomic E-state index is 6.09. The van der Waals surface area contributed by atoms with E-state index >= 15 is 0 Å². The van der Waals surface area contributed by atoms with Crippen molar-refractivity contribution in [3.8, 4) is 0 Å². The zero-order valence-electron chi connectivity index (χ0n) is 9.86. The van der Waals surface area contributed by atoms with Crippen molar-refractivity contribution in [2.45, 2.75) is 63.3 Å². The number of anilines is 1. The van der Waals surface area contributed by atoms with Gasteiger partial charge in [0.1, 0.15) is 5.82 Å². The van der Waals surface area contributed by atoms with Gasteiger partial charge in [-0.2, -0.15) is 5.10 Å². The molecular weight excluding hydrogens is 198 g/mol. The summed E-state index contributed by atoms with van der Waals surface area (Å²) in [5.41, 5.74) is 7.34. The number of nitrogens with zero attached hydrogens (tertiary/aromatic N) is 2. The van der Waals surface area contributed by atoms with E-state index < -0.39 is 0 Å². The minimum absolute atomic E-state index is 0.579. The summed E-state index contributed by atoms with van der Waals surface area (Å²) in [4.78, 5) is 0. The predicted molar refractivity (Wildman–Crippen MR) is 65.4 cm³/mol. The molecule has 0 aromatic carbocycles. The van der Waals surface area contributed by atoms with Crippen molar-refractivity contribution >= 4 is 5.82 Å². The largest absolute Gasteiger partial charge is 0.384 e. The molecule has 2 aliphatic carbocycles. The summed E-state index contributed by atoms with van der Waals surface area (Å²) in [5.74, 6) is 1.57. The fourth-order valence-corrected chi connectivity index (χ4v) is 3.29. The third kappa shape index (κ3) is 1.72. The van der Waals surface area contributed by atoms with Crippen LogP contribution in [0.4, 0.5) is 5.82 Å². The molecule has 2 fully saturated rings. The topological polar surface area (TPSA) is 43.8 Å². The first kappa shape index (κ1) is 10.2. The van der Waals surface area contributed by atoms with E-state index in [4.69, 9.17) is 10.8 Å². The molecule has 0 unspecified atom stereocenters. The number of rotatable bonds is 2. The van der Waals surface area contributed by atoms with Crippen molar-refractivity contribution in [3.63, 3.8) is 0 Å². The van der Waals surface area contributed by atoms with Gasteiger partial charge in [-0.1, -0.05) is 25.7 Å². The zero-order valence-corrected chi connectivity index (χ0v) is 9.86. The third-order valence-electron chi connectivity index (χ3n) is 4.23. The molecule has 88 valence electrons. The molecule has 0 aliphatic heterocycles. The van der Waals surface area contributed by atoms with Crippen LogP contribution in [-0.4, -0.2) is 9.78 Å². The molecule has 1 aromatic heterocycles. The van der Waals surface area contributed by atoms with Gasteiger partial charge in [-0.05, 0) is 25.7 Å². The lowest BCUT2D eigenvalue weighted by Gasteiger charge is -2.11. The first-order chi connectivity index (χ1) is 7.84. The quantitative estimate of drug-likeness (QED) is 0.829. The second kappa shape index (κ2) is 4.11.